The first-order valence-corrected chi connectivity index (χ1v) is 9.98. The van der Waals surface area contributed by atoms with Gasteiger partial charge in [0.2, 0.25) is 17.8 Å². The van der Waals surface area contributed by atoms with Crippen LogP contribution in [0.1, 0.15) is 25.7 Å². The molecule has 1 heterocycles. The molecule has 0 fully saturated rings. The zero-order valence-electron chi connectivity index (χ0n) is 16.8. The van der Waals surface area contributed by atoms with Gasteiger partial charge in [-0.25, -0.2) is 0 Å². The molecule has 0 spiro atoms. The van der Waals surface area contributed by atoms with Crippen molar-refractivity contribution in [2.24, 2.45) is 0 Å². The maximum absolute atomic E-state index is 8.87. The summed E-state index contributed by atoms with van der Waals surface area (Å²) in [5.41, 5.74) is 14.6. The van der Waals surface area contributed by atoms with Crippen LogP contribution in [0.4, 0.5) is 40.6 Å². The Labute approximate surface area is 176 Å². The van der Waals surface area contributed by atoms with Gasteiger partial charge in [-0.05, 0) is 49.2 Å². The smallest absolute Gasteiger partial charge is 0.233 e. The minimum Gasteiger partial charge on any atom is -0.399 e. The molecule has 0 saturated heterocycles. The lowest BCUT2D eigenvalue weighted by atomic mass is 10.2. The minimum atomic E-state index is 0.235. The lowest BCUT2D eigenvalue weighted by molar-refractivity contribution is 0.283. The summed E-state index contributed by atoms with van der Waals surface area (Å²) in [6.45, 7) is 0.962. The Bertz CT molecular complexity index is 884. The Kier molecular flexibility index (Phi) is 7.62. The van der Waals surface area contributed by atoms with E-state index in [9.17, 15) is 0 Å². The standard InChI is InChI=1S/C21H28N8O/c22-15-7-5-9-17(13-15)25-20-27-19(24-11-3-1-2-4-12-30)28-21(29-20)26-18-10-6-8-16(23)14-18/h5-10,13-14,30H,1-4,11-12,22-23H2,(H3,24,25,26,27,28,29). The average molecular weight is 409 g/mol. The van der Waals surface area contributed by atoms with Crippen LogP contribution in [0.5, 0.6) is 0 Å². The van der Waals surface area contributed by atoms with Crippen LogP contribution >= 0.6 is 0 Å². The number of rotatable bonds is 11. The molecule has 2 aromatic carbocycles. The monoisotopic (exact) mass is 408 g/mol. The van der Waals surface area contributed by atoms with E-state index in [1.54, 1.807) is 0 Å². The van der Waals surface area contributed by atoms with Crippen molar-refractivity contribution in [3.63, 3.8) is 0 Å². The number of hydrogen-bond acceptors (Lipinski definition) is 9. The highest BCUT2D eigenvalue weighted by molar-refractivity contribution is 5.63. The molecule has 9 heteroatoms. The first kappa shape index (κ1) is 21.1. The zero-order chi connectivity index (χ0) is 21.2. The van der Waals surface area contributed by atoms with Gasteiger partial charge in [0.25, 0.3) is 0 Å². The second kappa shape index (κ2) is 10.8. The number of unbranched alkanes of at least 4 members (excludes halogenated alkanes) is 3. The molecule has 3 aromatic rings. The highest BCUT2D eigenvalue weighted by Crippen LogP contribution is 2.21. The molecule has 0 atom stereocenters. The number of hydrogen-bond donors (Lipinski definition) is 6. The van der Waals surface area contributed by atoms with Crippen molar-refractivity contribution in [3.8, 4) is 0 Å². The predicted molar refractivity (Wildman–Crippen MR) is 122 cm³/mol. The van der Waals surface area contributed by atoms with E-state index < -0.39 is 0 Å². The third kappa shape index (κ3) is 6.78. The van der Waals surface area contributed by atoms with Crippen molar-refractivity contribution in [2.45, 2.75) is 25.7 Å². The summed E-state index contributed by atoms with van der Waals surface area (Å²) in [4.78, 5) is 13.4. The van der Waals surface area contributed by atoms with Crippen LogP contribution in [0.2, 0.25) is 0 Å². The van der Waals surface area contributed by atoms with E-state index in [1.165, 1.54) is 0 Å². The molecule has 8 N–H and O–H groups in total. The zero-order valence-corrected chi connectivity index (χ0v) is 16.8. The van der Waals surface area contributed by atoms with Gasteiger partial charge in [0.1, 0.15) is 0 Å². The molecule has 0 aliphatic rings. The SMILES string of the molecule is Nc1cccc(Nc2nc(NCCCCCCO)nc(Nc3cccc(N)c3)n2)c1. The summed E-state index contributed by atoms with van der Waals surface area (Å²) in [6, 6.07) is 14.7. The van der Waals surface area contributed by atoms with Crippen LogP contribution in [-0.2, 0) is 0 Å². The summed E-state index contributed by atoms with van der Waals surface area (Å²) < 4.78 is 0. The number of benzene rings is 2. The molecule has 0 amide bonds. The molecular formula is C21H28N8O. The largest absolute Gasteiger partial charge is 0.399 e. The molecule has 9 nitrogen and oxygen atoms in total. The molecule has 0 radical (unpaired) electrons. The van der Waals surface area contributed by atoms with Crippen molar-refractivity contribution < 1.29 is 5.11 Å². The number of nitrogens with two attached hydrogens (primary N) is 2. The van der Waals surface area contributed by atoms with Crippen LogP contribution < -0.4 is 27.4 Å². The second-order valence-corrected chi connectivity index (χ2v) is 6.87. The first-order chi connectivity index (χ1) is 14.6. The molecule has 3 rings (SSSR count). The maximum atomic E-state index is 8.87. The van der Waals surface area contributed by atoms with Gasteiger partial charge in [-0.1, -0.05) is 25.0 Å². The third-order valence-corrected chi connectivity index (χ3v) is 4.29. The molecule has 0 unspecified atom stereocenters. The normalized spacial score (nSPS) is 10.6. The minimum absolute atomic E-state index is 0.235. The Hall–Kier alpha value is -3.59. The molecule has 0 aliphatic heterocycles. The van der Waals surface area contributed by atoms with Gasteiger partial charge < -0.3 is 32.5 Å². The number of aromatic nitrogens is 3. The lowest BCUT2D eigenvalue weighted by Gasteiger charge is -2.12. The van der Waals surface area contributed by atoms with Gasteiger partial charge in [0.05, 0.1) is 0 Å². The van der Waals surface area contributed by atoms with Crippen LogP contribution in [0.25, 0.3) is 0 Å². The maximum Gasteiger partial charge on any atom is 0.233 e. The summed E-state index contributed by atoms with van der Waals surface area (Å²) in [5, 5.41) is 18.4. The van der Waals surface area contributed by atoms with Crippen LogP contribution in [-0.4, -0.2) is 33.2 Å². The predicted octanol–water partition coefficient (Wildman–Crippen LogP) is 3.49. The van der Waals surface area contributed by atoms with Crippen LogP contribution in [0.3, 0.4) is 0 Å². The van der Waals surface area contributed by atoms with Crippen molar-refractivity contribution in [2.75, 3.05) is 40.6 Å². The summed E-state index contributed by atoms with van der Waals surface area (Å²) >= 11 is 0. The highest BCUT2D eigenvalue weighted by atomic mass is 16.2. The van der Waals surface area contributed by atoms with Gasteiger partial charge in [0.15, 0.2) is 0 Å². The Balaban J connectivity index is 1.74. The Morgan fingerprint density at radius 1 is 0.700 bits per heavy atom. The van der Waals surface area contributed by atoms with Gasteiger partial charge in [-0.3, -0.25) is 0 Å². The third-order valence-electron chi connectivity index (χ3n) is 4.29. The number of nitrogens with zero attached hydrogens (tertiary/aromatic N) is 3. The molecular weight excluding hydrogens is 380 g/mol. The molecule has 1 aromatic heterocycles. The number of nitrogens with one attached hydrogen (secondary N) is 3. The fourth-order valence-electron chi connectivity index (χ4n) is 2.85. The summed E-state index contributed by atoms with van der Waals surface area (Å²) in [7, 11) is 0. The number of nitrogen functional groups attached to an aromatic ring is 2. The first-order valence-electron chi connectivity index (χ1n) is 9.98. The molecule has 30 heavy (non-hydrogen) atoms. The lowest BCUT2D eigenvalue weighted by Crippen LogP contribution is -2.10. The van der Waals surface area contributed by atoms with Gasteiger partial charge in [-0.2, -0.15) is 15.0 Å². The quantitative estimate of drug-likeness (QED) is 0.207. The Morgan fingerprint density at radius 3 is 1.77 bits per heavy atom. The van der Waals surface area contributed by atoms with Crippen LogP contribution in [0.15, 0.2) is 48.5 Å². The van der Waals surface area contributed by atoms with Crippen molar-refractivity contribution in [1.82, 2.24) is 15.0 Å². The molecule has 0 bridgehead atoms. The Morgan fingerprint density at radius 2 is 1.23 bits per heavy atom. The summed E-state index contributed by atoms with van der Waals surface area (Å²) in [6.07, 6.45) is 3.82. The molecule has 0 saturated carbocycles. The van der Waals surface area contributed by atoms with Gasteiger partial charge >= 0.3 is 0 Å². The van der Waals surface area contributed by atoms with Crippen molar-refractivity contribution in [1.29, 1.82) is 0 Å². The number of anilines is 7. The number of aliphatic hydroxyl groups excluding tert-OH is 1. The van der Waals surface area contributed by atoms with E-state index in [1.807, 2.05) is 48.5 Å². The fraction of sp³-hybridized carbons (Fsp3) is 0.286. The molecule has 0 aliphatic carbocycles. The second-order valence-electron chi connectivity index (χ2n) is 6.87. The molecule has 158 valence electrons. The van der Waals surface area contributed by atoms with Crippen LogP contribution in [0, 0.1) is 0 Å². The number of aliphatic hydroxyl groups is 1. The van der Waals surface area contributed by atoms with Crippen molar-refractivity contribution >= 4 is 40.6 Å². The topological polar surface area (TPSA) is 147 Å². The van der Waals surface area contributed by atoms with E-state index in [2.05, 4.69) is 30.9 Å². The van der Waals surface area contributed by atoms with E-state index in [-0.39, 0.29) is 6.61 Å². The van der Waals surface area contributed by atoms with E-state index in [0.29, 0.717) is 29.2 Å². The highest BCUT2D eigenvalue weighted by Gasteiger charge is 2.08. The van der Waals surface area contributed by atoms with Gasteiger partial charge in [-0.15, -0.1) is 0 Å². The summed E-state index contributed by atoms with van der Waals surface area (Å²) in [5.74, 6) is 1.25. The average Bonchev–Trinajstić information content (AvgIpc) is 2.70. The van der Waals surface area contributed by atoms with Crippen molar-refractivity contribution in [3.05, 3.63) is 48.5 Å². The van der Waals surface area contributed by atoms with E-state index >= 15 is 0 Å². The van der Waals surface area contributed by atoms with E-state index in [4.69, 9.17) is 16.6 Å². The van der Waals surface area contributed by atoms with E-state index in [0.717, 1.165) is 43.6 Å². The van der Waals surface area contributed by atoms with Gasteiger partial charge in [0, 0.05) is 35.9 Å². The fourth-order valence-corrected chi connectivity index (χ4v) is 2.85.